The predicted octanol–water partition coefficient (Wildman–Crippen LogP) is 1.95. The zero-order chi connectivity index (χ0) is 15.2. The van der Waals surface area contributed by atoms with Gasteiger partial charge in [-0.2, -0.15) is 0 Å². The lowest BCUT2D eigenvalue weighted by molar-refractivity contribution is -0.0704. The second-order valence-electron chi connectivity index (χ2n) is 5.73. The highest BCUT2D eigenvalue weighted by atomic mass is 127. The average molecular weight is 418 g/mol. The Balaban J connectivity index is 0.00000242. The van der Waals surface area contributed by atoms with Gasteiger partial charge < -0.3 is 15.8 Å². The molecule has 1 aliphatic rings. The second kappa shape index (κ2) is 9.32. The normalized spacial score (nSPS) is 23.0. The fourth-order valence-electron chi connectivity index (χ4n) is 2.71. The quantitative estimate of drug-likeness (QED) is 0.446. The zero-order valence-corrected chi connectivity index (χ0v) is 15.9. The van der Waals surface area contributed by atoms with Crippen molar-refractivity contribution in [2.45, 2.75) is 39.1 Å². The SMILES string of the molecule is CN=C(N)NCc1ccc(CN2CC(C)OC(C)C2)cc1.I. The van der Waals surface area contributed by atoms with Crippen molar-refractivity contribution in [1.82, 2.24) is 10.2 Å². The van der Waals surface area contributed by atoms with Crippen LogP contribution in [0.5, 0.6) is 0 Å². The maximum Gasteiger partial charge on any atom is 0.188 e. The van der Waals surface area contributed by atoms with Gasteiger partial charge in [-0.3, -0.25) is 9.89 Å². The zero-order valence-electron chi connectivity index (χ0n) is 13.6. The first-order valence-electron chi connectivity index (χ1n) is 7.48. The minimum atomic E-state index is 0. The molecule has 0 spiro atoms. The van der Waals surface area contributed by atoms with E-state index >= 15 is 0 Å². The smallest absolute Gasteiger partial charge is 0.188 e. The Morgan fingerprint density at radius 1 is 1.23 bits per heavy atom. The Morgan fingerprint density at radius 3 is 2.32 bits per heavy atom. The lowest BCUT2D eigenvalue weighted by atomic mass is 10.1. The van der Waals surface area contributed by atoms with Crippen LogP contribution in [0, 0.1) is 0 Å². The molecule has 1 heterocycles. The van der Waals surface area contributed by atoms with E-state index in [1.807, 2.05) is 0 Å². The third-order valence-corrected chi connectivity index (χ3v) is 3.64. The molecule has 0 amide bonds. The molecule has 5 nitrogen and oxygen atoms in total. The summed E-state index contributed by atoms with van der Waals surface area (Å²) in [6.07, 6.45) is 0.627. The van der Waals surface area contributed by atoms with E-state index in [-0.39, 0.29) is 24.0 Å². The highest BCUT2D eigenvalue weighted by Gasteiger charge is 2.21. The van der Waals surface area contributed by atoms with E-state index in [2.05, 4.69) is 53.3 Å². The van der Waals surface area contributed by atoms with Gasteiger partial charge in [0.2, 0.25) is 0 Å². The monoisotopic (exact) mass is 418 g/mol. The molecule has 2 atom stereocenters. The van der Waals surface area contributed by atoms with E-state index < -0.39 is 0 Å². The Labute approximate surface area is 150 Å². The Kier molecular flexibility index (Phi) is 8.13. The molecule has 1 aromatic carbocycles. The molecule has 1 fully saturated rings. The molecule has 124 valence electrons. The number of halogens is 1. The molecule has 22 heavy (non-hydrogen) atoms. The summed E-state index contributed by atoms with van der Waals surface area (Å²) in [6, 6.07) is 8.64. The maximum atomic E-state index is 5.77. The van der Waals surface area contributed by atoms with Crippen LogP contribution < -0.4 is 11.1 Å². The van der Waals surface area contributed by atoms with E-state index in [1.165, 1.54) is 11.1 Å². The van der Waals surface area contributed by atoms with Gasteiger partial charge in [0, 0.05) is 33.2 Å². The number of nitrogens with one attached hydrogen (secondary N) is 1. The number of benzene rings is 1. The van der Waals surface area contributed by atoms with Gasteiger partial charge in [-0.15, -0.1) is 24.0 Å². The van der Waals surface area contributed by atoms with Crippen molar-refractivity contribution >= 4 is 29.9 Å². The van der Waals surface area contributed by atoms with Crippen molar-refractivity contribution in [2.24, 2.45) is 10.7 Å². The summed E-state index contributed by atoms with van der Waals surface area (Å²) >= 11 is 0. The summed E-state index contributed by atoms with van der Waals surface area (Å²) in [5.41, 5.74) is 8.15. The molecule has 1 aromatic rings. The number of ether oxygens (including phenoxy) is 1. The van der Waals surface area contributed by atoms with Crippen molar-refractivity contribution in [3.8, 4) is 0 Å². The Bertz CT molecular complexity index is 468. The summed E-state index contributed by atoms with van der Waals surface area (Å²) in [7, 11) is 1.68. The number of aliphatic imine (C=N–C) groups is 1. The van der Waals surface area contributed by atoms with E-state index in [0.29, 0.717) is 24.7 Å². The van der Waals surface area contributed by atoms with Crippen LogP contribution in [-0.2, 0) is 17.8 Å². The van der Waals surface area contributed by atoms with E-state index in [4.69, 9.17) is 10.5 Å². The molecule has 0 aromatic heterocycles. The molecule has 1 saturated heterocycles. The summed E-state index contributed by atoms with van der Waals surface area (Å²) in [5.74, 6) is 0.468. The number of hydrogen-bond acceptors (Lipinski definition) is 3. The standard InChI is InChI=1S/C16H26N4O.HI/c1-12-9-20(10-13(2)21-12)11-15-6-4-14(5-7-15)8-19-16(17)18-3;/h4-7,12-13H,8-11H2,1-3H3,(H3,17,18,19);1H. The molecule has 3 N–H and O–H groups in total. The van der Waals surface area contributed by atoms with Crippen LogP contribution in [0.15, 0.2) is 29.3 Å². The number of nitrogens with zero attached hydrogens (tertiary/aromatic N) is 2. The number of rotatable bonds is 4. The van der Waals surface area contributed by atoms with Gasteiger partial charge in [0.15, 0.2) is 5.96 Å². The minimum absolute atomic E-state index is 0. The molecule has 1 aliphatic heterocycles. The lowest BCUT2D eigenvalue weighted by Crippen LogP contribution is -2.44. The molecular weight excluding hydrogens is 391 g/mol. The van der Waals surface area contributed by atoms with E-state index in [1.54, 1.807) is 7.05 Å². The van der Waals surface area contributed by atoms with Crippen molar-refractivity contribution in [3.63, 3.8) is 0 Å². The van der Waals surface area contributed by atoms with Crippen LogP contribution in [0.2, 0.25) is 0 Å². The summed E-state index contributed by atoms with van der Waals surface area (Å²) < 4.78 is 5.77. The van der Waals surface area contributed by atoms with E-state index in [0.717, 1.165) is 19.6 Å². The van der Waals surface area contributed by atoms with Gasteiger partial charge in [-0.25, -0.2) is 0 Å². The van der Waals surface area contributed by atoms with Gasteiger partial charge in [-0.1, -0.05) is 24.3 Å². The molecule has 0 aliphatic carbocycles. The Hall–Kier alpha value is -0.860. The van der Waals surface area contributed by atoms with Crippen molar-refractivity contribution in [3.05, 3.63) is 35.4 Å². The molecule has 0 radical (unpaired) electrons. The van der Waals surface area contributed by atoms with Gasteiger partial charge in [-0.05, 0) is 25.0 Å². The van der Waals surface area contributed by atoms with Crippen molar-refractivity contribution in [1.29, 1.82) is 0 Å². The van der Waals surface area contributed by atoms with Crippen molar-refractivity contribution in [2.75, 3.05) is 20.1 Å². The third-order valence-electron chi connectivity index (χ3n) is 3.64. The van der Waals surface area contributed by atoms with Gasteiger partial charge in [0.25, 0.3) is 0 Å². The largest absolute Gasteiger partial charge is 0.373 e. The lowest BCUT2D eigenvalue weighted by Gasteiger charge is -2.35. The maximum absolute atomic E-state index is 5.77. The topological polar surface area (TPSA) is 62.9 Å². The summed E-state index contributed by atoms with van der Waals surface area (Å²) in [4.78, 5) is 6.33. The molecule has 0 bridgehead atoms. The Morgan fingerprint density at radius 2 is 1.77 bits per heavy atom. The fraction of sp³-hybridized carbons (Fsp3) is 0.562. The van der Waals surface area contributed by atoms with Crippen LogP contribution in [0.25, 0.3) is 0 Å². The first kappa shape index (κ1) is 19.2. The summed E-state index contributed by atoms with van der Waals surface area (Å²) in [6.45, 7) is 7.95. The number of nitrogens with two attached hydrogens (primary N) is 1. The minimum Gasteiger partial charge on any atom is -0.373 e. The first-order chi connectivity index (χ1) is 10.1. The van der Waals surface area contributed by atoms with Gasteiger partial charge in [0.05, 0.1) is 12.2 Å². The average Bonchev–Trinajstić information content (AvgIpc) is 2.45. The summed E-state index contributed by atoms with van der Waals surface area (Å²) in [5, 5.41) is 3.06. The molecule has 2 rings (SSSR count). The highest BCUT2D eigenvalue weighted by Crippen LogP contribution is 2.14. The van der Waals surface area contributed by atoms with Crippen LogP contribution >= 0.6 is 24.0 Å². The number of morpholine rings is 1. The fourth-order valence-corrected chi connectivity index (χ4v) is 2.71. The van der Waals surface area contributed by atoms with Crippen LogP contribution in [0.4, 0.5) is 0 Å². The van der Waals surface area contributed by atoms with Crippen LogP contribution in [-0.4, -0.2) is 43.2 Å². The molecular formula is C16H27IN4O. The number of guanidine groups is 1. The number of hydrogen-bond donors (Lipinski definition) is 2. The first-order valence-corrected chi connectivity index (χ1v) is 7.48. The highest BCUT2D eigenvalue weighted by molar-refractivity contribution is 14.0. The van der Waals surface area contributed by atoms with E-state index in [9.17, 15) is 0 Å². The molecule has 2 unspecified atom stereocenters. The van der Waals surface area contributed by atoms with Crippen molar-refractivity contribution < 1.29 is 4.74 Å². The molecule has 6 heteroatoms. The molecule has 0 saturated carbocycles. The predicted molar refractivity (Wildman–Crippen MR) is 102 cm³/mol. The second-order valence-corrected chi connectivity index (χ2v) is 5.73. The van der Waals surface area contributed by atoms with Crippen LogP contribution in [0.3, 0.4) is 0 Å². The van der Waals surface area contributed by atoms with Gasteiger partial charge in [0.1, 0.15) is 0 Å². The third kappa shape index (κ3) is 6.10. The van der Waals surface area contributed by atoms with Crippen LogP contribution in [0.1, 0.15) is 25.0 Å². The van der Waals surface area contributed by atoms with Gasteiger partial charge >= 0.3 is 0 Å².